The van der Waals surface area contributed by atoms with Gasteiger partial charge in [0.25, 0.3) is 0 Å². The van der Waals surface area contributed by atoms with Crippen LogP contribution in [-0.4, -0.2) is 11.8 Å². The topological polar surface area (TPSA) is 84.2 Å². The van der Waals surface area contributed by atoms with Crippen molar-refractivity contribution >= 4 is 63.7 Å². The molecule has 4 N–H and O–H groups in total. The van der Waals surface area contributed by atoms with Gasteiger partial charge in [-0.1, -0.05) is 34.8 Å². The van der Waals surface area contributed by atoms with Crippen molar-refractivity contribution in [3.63, 3.8) is 0 Å². The third-order valence-electron chi connectivity index (χ3n) is 2.57. The van der Waals surface area contributed by atoms with E-state index in [1.807, 2.05) is 0 Å². The molecule has 0 saturated carbocycles. The van der Waals surface area contributed by atoms with E-state index in [1.54, 1.807) is 6.07 Å². The maximum absolute atomic E-state index is 11.8. The van der Waals surface area contributed by atoms with Crippen LogP contribution in [0.4, 0.5) is 17.1 Å². The molecule has 2 aromatic carbocycles. The monoisotopic (exact) mass is 357 g/mol. The smallest absolute Gasteiger partial charge is 0.314 e. The lowest BCUT2D eigenvalue weighted by Crippen LogP contribution is -2.29. The maximum atomic E-state index is 11.8. The number of halogens is 3. The molecule has 0 aliphatic carbocycles. The van der Waals surface area contributed by atoms with Crippen molar-refractivity contribution in [1.29, 1.82) is 0 Å². The zero-order chi connectivity index (χ0) is 16.3. The molecule has 2 rings (SSSR count). The quantitative estimate of drug-likeness (QED) is 0.564. The highest BCUT2D eigenvalue weighted by molar-refractivity contribution is 6.45. The number of anilines is 3. The standard InChI is InChI=1S/C14H10Cl3N3O2/c15-7-3-8(16)5-10(4-7)19-13(21)14(22)20-12-2-1-9(18)6-11(12)17/h1-6H,18H2,(H,19,21)(H,20,22). The molecular weight excluding hydrogens is 349 g/mol. The van der Waals surface area contributed by atoms with Crippen LogP contribution in [0.15, 0.2) is 36.4 Å². The van der Waals surface area contributed by atoms with Crippen LogP contribution in [0.5, 0.6) is 0 Å². The zero-order valence-corrected chi connectivity index (χ0v) is 13.3. The molecule has 0 heterocycles. The van der Waals surface area contributed by atoms with E-state index in [-0.39, 0.29) is 10.7 Å². The van der Waals surface area contributed by atoms with E-state index in [1.165, 1.54) is 30.3 Å². The summed E-state index contributed by atoms with van der Waals surface area (Å²) in [5.41, 5.74) is 6.58. The number of rotatable bonds is 2. The van der Waals surface area contributed by atoms with Gasteiger partial charge in [-0.15, -0.1) is 0 Å². The number of hydrogen-bond donors (Lipinski definition) is 3. The summed E-state index contributed by atoms with van der Waals surface area (Å²) in [6, 6.07) is 8.96. The molecule has 5 nitrogen and oxygen atoms in total. The van der Waals surface area contributed by atoms with Crippen molar-refractivity contribution in [1.82, 2.24) is 0 Å². The normalized spacial score (nSPS) is 10.1. The molecule has 0 saturated heterocycles. The van der Waals surface area contributed by atoms with Crippen LogP contribution in [0.1, 0.15) is 0 Å². The molecule has 0 atom stereocenters. The van der Waals surface area contributed by atoms with Gasteiger partial charge in [0.2, 0.25) is 0 Å². The molecule has 2 aromatic rings. The van der Waals surface area contributed by atoms with Crippen LogP contribution in [0.2, 0.25) is 15.1 Å². The Kier molecular flexibility index (Phi) is 5.13. The van der Waals surface area contributed by atoms with Crippen LogP contribution in [0.25, 0.3) is 0 Å². The van der Waals surface area contributed by atoms with E-state index in [4.69, 9.17) is 40.5 Å². The summed E-state index contributed by atoms with van der Waals surface area (Å²) in [6.07, 6.45) is 0. The lowest BCUT2D eigenvalue weighted by atomic mass is 10.2. The minimum absolute atomic E-state index is 0.229. The van der Waals surface area contributed by atoms with Crippen LogP contribution in [0, 0.1) is 0 Å². The molecule has 0 aliphatic rings. The fraction of sp³-hybridized carbons (Fsp3) is 0. The molecule has 0 aliphatic heterocycles. The third kappa shape index (κ3) is 4.27. The number of nitrogens with two attached hydrogens (primary N) is 1. The molecule has 0 aromatic heterocycles. The SMILES string of the molecule is Nc1ccc(NC(=O)C(=O)Nc2cc(Cl)cc(Cl)c2)c(Cl)c1. The number of carbonyl (C=O) groups is 2. The van der Waals surface area contributed by atoms with E-state index in [2.05, 4.69) is 10.6 Å². The van der Waals surface area contributed by atoms with Crippen molar-refractivity contribution in [2.45, 2.75) is 0 Å². The Morgan fingerprint density at radius 1 is 0.864 bits per heavy atom. The Morgan fingerprint density at radius 3 is 2.05 bits per heavy atom. The highest BCUT2D eigenvalue weighted by atomic mass is 35.5. The Morgan fingerprint density at radius 2 is 1.45 bits per heavy atom. The summed E-state index contributed by atoms with van der Waals surface area (Å²) in [6.45, 7) is 0. The summed E-state index contributed by atoms with van der Waals surface area (Å²) in [7, 11) is 0. The van der Waals surface area contributed by atoms with E-state index in [9.17, 15) is 9.59 Å². The average Bonchev–Trinajstić information content (AvgIpc) is 2.40. The number of benzene rings is 2. The first-order chi connectivity index (χ1) is 10.3. The molecule has 22 heavy (non-hydrogen) atoms. The predicted octanol–water partition coefficient (Wildman–Crippen LogP) is 3.81. The second kappa shape index (κ2) is 6.87. The first-order valence-corrected chi connectivity index (χ1v) is 7.12. The van der Waals surface area contributed by atoms with Crippen molar-refractivity contribution in [3.8, 4) is 0 Å². The van der Waals surface area contributed by atoms with Crippen LogP contribution in [0.3, 0.4) is 0 Å². The van der Waals surface area contributed by atoms with Crippen LogP contribution >= 0.6 is 34.8 Å². The Hall–Kier alpha value is -1.95. The third-order valence-corrected chi connectivity index (χ3v) is 3.32. The second-order valence-electron chi connectivity index (χ2n) is 4.31. The van der Waals surface area contributed by atoms with Gasteiger partial charge in [-0.2, -0.15) is 0 Å². The fourth-order valence-corrected chi connectivity index (χ4v) is 2.39. The van der Waals surface area contributed by atoms with E-state index < -0.39 is 11.8 Å². The van der Waals surface area contributed by atoms with Gasteiger partial charge in [0.15, 0.2) is 0 Å². The number of carbonyl (C=O) groups excluding carboxylic acids is 2. The number of hydrogen-bond acceptors (Lipinski definition) is 3. The lowest BCUT2D eigenvalue weighted by Gasteiger charge is -2.09. The van der Waals surface area contributed by atoms with E-state index in [0.717, 1.165) is 0 Å². The molecule has 0 radical (unpaired) electrons. The highest BCUT2D eigenvalue weighted by Crippen LogP contribution is 2.24. The minimum Gasteiger partial charge on any atom is -0.399 e. The van der Waals surface area contributed by atoms with E-state index >= 15 is 0 Å². The largest absolute Gasteiger partial charge is 0.399 e. The first kappa shape index (κ1) is 16.4. The van der Waals surface area contributed by atoms with Gasteiger partial charge in [-0.3, -0.25) is 9.59 Å². The van der Waals surface area contributed by atoms with Crippen molar-refractivity contribution in [3.05, 3.63) is 51.5 Å². The summed E-state index contributed by atoms with van der Waals surface area (Å²) in [5, 5.41) is 5.67. The molecule has 0 spiro atoms. The average molecular weight is 359 g/mol. The summed E-state index contributed by atoms with van der Waals surface area (Å²) >= 11 is 17.5. The second-order valence-corrected chi connectivity index (χ2v) is 5.59. The van der Waals surface area contributed by atoms with Crippen LogP contribution < -0.4 is 16.4 Å². The van der Waals surface area contributed by atoms with Gasteiger partial charge in [0.05, 0.1) is 10.7 Å². The van der Waals surface area contributed by atoms with E-state index in [0.29, 0.717) is 21.4 Å². The zero-order valence-electron chi connectivity index (χ0n) is 11.0. The molecular formula is C14H10Cl3N3O2. The van der Waals surface area contributed by atoms with Crippen molar-refractivity contribution in [2.75, 3.05) is 16.4 Å². The summed E-state index contributed by atoms with van der Waals surface area (Å²) in [5.74, 6) is -1.77. The van der Waals surface area contributed by atoms with Gasteiger partial charge in [0.1, 0.15) is 0 Å². The maximum Gasteiger partial charge on any atom is 0.314 e. The van der Waals surface area contributed by atoms with Crippen molar-refractivity contribution in [2.24, 2.45) is 0 Å². The van der Waals surface area contributed by atoms with Gasteiger partial charge < -0.3 is 16.4 Å². The van der Waals surface area contributed by atoms with Gasteiger partial charge in [-0.05, 0) is 36.4 Å². The lowest BCUT2D eigenvalue weighted by molar-refractivity contribution is -0.132. The molecule has 2 amide bonds. The fourth-order valence-electron chi connectivity index (χ4n) is 1.63. The number of nitrogen functional groups attached to an aromatic ring is 1. The van der Waals surface area contributed by atoms with Gasteiger partial charge in [-0.25, -0.2) is 0 Å². The summed E-state index contributed by atoms with van der Waals surface area (Å²) < 4.78 is 0. The Balaban J connectivity index is 2.07. The summed E-state index contributed by atoms with van der Waals surface area (Å²) in [4.78, 5) is 23.7. The predicted molar refractivity (Wildman–Crippen MR) is 89.6 cm³/mol. The first-order valence-electron chi connectivity index (χ1n) is 5.98. The molecule has 0 unspecified atom stereocenters. The number of amides is 2. The molecule has 0 fully saturated rings. The Bertz CT molecular complexity index is 730. The Labute approximate surface area is 141 Å². The van der Waals surface area contributed by atoms with Gasteiger partial charge >= 0.3 is 11.8 Å². The molecule has 8 heteroatoms. The molecule has 114 valence electrons. The molecule has 0 bridgehead atoms. The number of nitrogens with one attached hydrogen (secondary N) is 2. The van der Waals surface area contributed by atoms with Crippen LogP contribution in [-0.2, 0) is 9.59 Å². The minimum atomic E-state index is -0.886. The van der Waals surface area contributed by atoms with Crippen molar-refractivity contribution < 1.29 is 9.59 Å². The highest BCUT2D eigenvalue weighted by Gasteiger charge is 2.16. The van der Waals surface area contributed by atoms with Gasteiger partial charge in [0, 0.05) is 21.4 Å².